The predicted octanol–water partition coefficient (Wildman–Crippen LogP) is 3.58. The van der Waals surface area contributed by atoms with Crippen LogP contribution in [0.4, 0.5) is 5.69 Å². The molecule has 0 radical (unpaired) electrons. The Balaban J connectivity index is 2.37. The number of benzene rings is 2. The first kappa shape index (κ1) is 13.7. The number of hydrogen-bond acceptors (Lipinski definition) is 3. The highest BCUT2D eigenvalue weighted by atomic mass is 79.9. The molecule has 2 aromatic carbocycles. The van der Waals surface area contributed by atoms with Crippen LogP contribution >= 0.6 is 27.5 Å². The van der Waals surface area contributed by atoms with Crippen LogP contribution in [0.3, 0.4) is 0 Å². The lowest BCUT2D eigenvalue weighted by molar-refractivity contribution is 0.1000. The predicted molar refractivity (Wildman–Crippen MR) is 78.6 cm³/mol. The van der Waals surface area contributed by atoms with Crippen LogP contribution in [0.25, 0.3) is 0 Å². The topological polar surface area (TPSA) is 78.3 Å². The Morgan fingerprint density at radius 2 is 1.89 bits per heavy atom. The first-order chi connectivity index (χ1) is 8.97. The summed E-state index contributed by atoms with van der Waals surface area (Å²) in [5.74, 6) is 0.358. The Bertz CT molecular complexity index is 647. The largest absolute Gasteiger partial charge is 0.454 e. The third-order valence-electron chi connectivity index (χ3n) is 2.41. The van der Waals surface area contributed by atoms with Crippen molar-refractivity contribution in [1.29, 1.82) is 0 Å². The number of anilines is 1. The summed E-state index contributed by atoms with van der Waals surface area (Å²) in [7, 11) is 0. The van der Waals surface area contributed by atoms with Crippen LogP contribution in [-0.2, 0) is 0 Å². The number of carbonyl (C=O) groups excluding carboxylic acids is 1. The summed E-state index contributed by atoms with van der Waals surface area (Å²) in [5.41, 5.74) is 11.7. The normalized spacial score (nSPS) is 10.2. The van der Waals surface area contributed by atoms with E-state index in [1.54, 1.807) is 30.3 Å². The highest BCUT2D eigenvalue weighted by molar-refractivity contribution is 9.10. The number of rotatable bonds is 3. The average Bonchev–Trinajstić information content (AvgIpc) is 2.34. The maximum absolute atomic E-state index is 11.1. The fourth-order valence-corrected chi connectivity index (χ4v) is 2.22. The maximum Gasteiger partial charge on any atom is 0.248 e. The molecule has 0 aromatic heterocycles. The van der Waals surface area contributed by atoms with Crippen LogP contribution in [0.1, 0.15) is 10.4 Å². The summed E-state index contributed by atoms with van der Waals surface area (Å²) in [6, 6.07) is 9.70. The van der Waals surface area contributed by atoms with Crippen molar-refractivity contribution < 1.29 is 9.53 Å². The Morgan fingerprint density at radius 1 is 1.16 bits per heavy atom. The van der Waals surface area contributed by atoms with Crippen molar-refractivity contribution in [3.05, 3.63) is 51.5 Å². The van der Waals surface area contributed by atoms with Gasteiger partial charge in [-0.2, -0.15) is 0 Å². The van der Waals surface area contributed by atoms with Crippen molar-refractivity contribution in [1.82, 2.24) is 0 Å². The molecule has 0 atom stereocenters. The molecule has 2 aromatic rings. The van der Waals surface area contributed by atoms with Crippen molar-refractivity contribution in [2.24, 2.45) is 5.73 Å². The average molecular weight is 342 g/mol. The van der Waals surface area contributed by atoms with Gasteiger partial charge in [-0.3, -0.25) is 4.79 Å². The molecular formula is C13H10BrClN2O2. The van der Waals surface area contributed by atoms with E-state index in [-0.39, 0.29) is 0 Å². The highest BCUT2D eigenvalue weighted by Gasteiger charge is 2.09. The van der Waals surface area contributed by atoms with Gasteiger partial charge in [-0.15, -0.1) is 0 Å². The number of halogens is 2. The lowest BCUT2D eigenvalue weighted by atomic mass is 10.2. The fourth-order valence-electron chi connectivity index (χ4n) is 1.45. The monoisotopic (exact) mass is 340 g/mol. The van der Waals surface area contributed by atoms with Crippen LogP contribution < -0.4 is 16.2 Å². The summed E-state index contributed by atoms with van der Waals surface area (Å²) >= 11 is 9.18. The zero-order valence-corrected chi connectivity index (χ0v) is 12.0. The van der Waals surface area contributed by atoms with Gasteiger partial charge in [0.2, 0.25) is 5.91 Å². The van der Waals surface area contributed by atoms with Gasteiger partial charge in [0, 0.05) is 10.6 Å². The van der Waals surface area contributed by atoms with Crippen LogP contribution in [0.2, 0.25) is 5.02 Å². The Hall–Kier alpha value is -1.72. The zero-order valence-electron chi connectivity index (χ0n) is 9.69. The Morgan fingerprint density at radius 3 is 2.53 bits per heavy atom. The molecular weight excluding hydrogens is 332 g/mol. The molecule has 98 valence electrons. The number of carbonyl (C=O) groups is 1. The van der Waals surface area contributed by atoms with Gasteiger partial charge in [-0.05, 0) is 52.3 Å². The van der Waals surface area contributed by atoms with E-state index in [2.05, 4.69) is 15.9 Å². The van der Waals surface area contributed by atoms with E-state index >= 15 is 0 Å². The zero-order chi connectivity index (χ0) is 14.0. The molecule has 4 nitrogen and oxygen atoms in total. The summed E-state index contributed by atoms with van der Waals surface area (Å²) in [4.78, 5) is 11.1. The van der Waals surface area contributed by atoms with Gasteiger partial charge in [0.25, 0.3) is 0 Å². The quantitative estimate of drug-likeness (QED) is 0.838. The SMILES string of the molecule is NC(=O)c1ccc(N)c(Oc2ccc(Cl)cc2Br)c1. The lowest BCUT2D eigenvalue weighted by Crippen LogP contribution is -2.11. The molecule has 0 bridgehead atoms. The fraction of sp³-hybridized carbons (Fsp3) is 0. The van der Waals surface area contributed by atoms with Gasteiger partial charge >= 0.3 is 0 Å². The summed E-state index contributed by atoms with van der Waals surface area (Å²) in [5, 5.41) is 0.582. The third kappa shape index (κ3) is 3.19. The minimum atomic E-state index is -0.542. The van der Waals surface area contributed by atoms with Crippen LogP contribution in [-0.4, -0.2) is 5.91 Å². The maximum atomic E-state index is 11.1. The molecule has 2 rings (SSSR count). The minimum Gasteiger partial charge on any atom is -0.454 e. The van der Waals surface area contributed by atoms with Crippen molar-refractivity contribution in [3.8, 4) is 11.5 Å². The molecule has 0 heterocycles. The van der Waals surface area contributed by atoms with E-state index in [4.69, 9.17) is 27.8 Å². The van der Waals surface area contributed by atoms with Crippen molar-refractivity contribution in [2.45, 2.75) is 0 Å². The molecule has 0 saturated heterocycles. The highest BCUT2D eigenvalue weighted by Crippen LogP contribution is 2.34. The van der Waals surface area contributed by atoms with E-state index in [1.165, 1.54) is 6.07 Å². The van der Waals surface area contributed by atoms with Gasteiger partial charge in [0.05, 0.1) is 10.2 Å². The number of primary amides is 1. The smallest absolute Gasteiger partial charge is 0.248 e. The second kappa shape index (κ2) is 5.50. The number of ether oxygens (including phenoxy) is 1. The van der Waals surface area contributed by atoms with E-state index in [0.29, 0.717) is 32.2 Å². The van der Waals surface area contributed by atoms with Gasteiger partial charge in [-0.25, -0.2) is 0 Å². The first-order valence-corrected chi connectivity index (χ1v) is 6.46. The molecule has 0 aliphatic heterocycles. The molecule has 19 heavy (non-hydrogen) atoms. The number of amides is 1. The molecule has 1 amide bonds. The second-order valence-electron chi connectivity index (χ2n) is 3.79. The molecule has 0 unspecified atom stereocenters. The van der Waals surface area contributed by atoms with Crippen molar-refractivity contribution >= 4 is 39.1 Å². The standard InChI is InChI=1S/C13H10BrClN2O2/c14-9-6-8(15)2-4-11(9)19-12-5-7(13(17)18)1-3-10(12)16/h1-6H,16H2,(H2,17,18). The van der Waals surface area contributed by atoms with Gasteiger partial charge < -0.3 is 16.2 Å². The molecule has 6 heteroatoms. The van der Waals surface area contributed by atoms with Gasteiger partial charge in [-0.1, -0.05) is 11.6 Å². The molecule has 0 spiro atoms. The molecule has 0 aliphatic carbocycles. The molecule has 0 aliphatic rings. The van der Waals surface area contributed by atoms with Crippen LogP contribution in [0, 0.1) is 0 Å². The molecule has 0 saturated carbocycles. The summed E-state index contributed by atoms with van der Waals surface area (Å²) in [6.07, 6.45) is 0. The molecule has 0 fully saturated rings. The van der Waals surface area contributed by atoms with E-state index in [1.807, 2.05) is 0 Å². The molecule has 4 N–H and O–H groups in total. The van der Waals surface area contributed by atoms with Gasteiger partial charge in [0.1, 0.15) is 5.75 Å². The summed E-state index contributed by atoms with van der Waals surface area (Å²) < 4.78 is 6.33. The number of hydrogen-bond donors (Lipinski definition) is 2. The number of nitrogens with two attached hydrogens (primary N) is 2. The van der Waals surface area contributed by atoms with E-state index in [9.17, 15) is 4.79 Å². The number of nitrogen functional groups attached to an aromatic ring is 1. The van der Waals surface area contributed by atoms with Crippen LogP contribution in [0.5, 0.6) is 11.5 Å². The van der Waals surface area contributed by atoms with Crippen molar-refractivity contribution in [3.63, 3.8) is 0 Å². The Kier molecular flexibility index (Phi) is 3.97. The van der Waals surface area contributed by atoms with E-state index in [0.717, 1.165) is 0 Å². The lowest BCUT2D eigenvalue weighted by Gasteiger charge is -2.11. The third-order valence-corrected chi connectivity index (χ3v) is 3.27. The van der Waals surface area contributed by atoms with Gasteiger partial charge in [0.15, 0.2) is 5.75 Å². The minimum absolute atomic E-state index is 0.328. The second-order valence-corrected chi connectivity index (χ2v) is 5.08. The first-order valence-electron chi connectivity index (χ1n) is 5.29. The van der Waals surface area contributed by atoms with E-state index < -0.39 is 5.91 Å². The van der Waals surface area contributed by atoms with Crippen LogP contribution in [0.15, 0.2) is 40.9 Å². The Labute approximate surface area is 123 Å². The van der Waals surface area contributed by atoms with Crippen molar-refractivity contribution in [2.75, 3.05) is 5.73 Å². The summed E-state index contributed by atoms with van der Waals surface area (Å²) in [6.45, 7) is 0.